The van der Waals surface area contributed by atoms with E-state index in [2.05, 4.69) is 11.9 Å². The van der Waals surface area contributed by atoms with Crippen molar-refractivity contribution in [1.82, 2.24) is 4.98 Å². The molecule has 1 saturated carbocycles. The Balaban J connectivity index is 2.39. The van der Waals surface area contributed by atoms with Crippen molar-refractivity contribution in [3.05, 3.63) is 29.8 Å². The zero-order chi connectivity index (χ0) is 10.9. The van der Waals surface area contributed by atoms with Crippen molar-refractivity contribution in [2.24, 2.45) is 11.7 Å². The minimum atomic E-state index is -0.495. The average Bonchev–Trinajstić information content (AvgIpc) is 2.23. The summed E-state index contributed by atoms with van der Waals surface area (Å²) in [7, 11) is 0. The first-order valence-corrected chi connectivity index (χ1v) is 5.53. The Morgan fingerprint density at radius 2 is 2.33 bits per heavy atom. The monoisotopic (exact) mass is 208 g/mol. The lowest BCUT2D eigenvalue weighted by Gasteiger charge is -2.40. The molecule has 15 heavy (non-hydrogen) atoms. The van der Waals surface area contributed by atoms with E-state index in [4.69, 9.17) is 5.73 Å². The first kappa shape index (κ1) is 10.6. The molecule has 2 rings (SSSR count). The van der Waals surface area contributed by atoms with E-state index < -0.39 is 5.54 Å². The minimum Gasteiger partial charge on any atom is -0.321 e. The number of hydrogen-bond donors (Lipinski definition) is 1. The molecule has 1 aromatic rings. The molecule has 1 aliphatic carbocycles. The van der Waals surface area contributed by atoms with Gasteiger partial charge in [0, 0.05) is 17.3 Å². The number of pyridine rings is 1. The fourth-order valence-electron chi connectivity index (χ4n) is 2.52. The summed E-state index contributed by atoms with van der Waals surface area (Å²) in [6.07, 6.45) is 7.11. The van der Waals surface area contributed by atoms with Gasteiger partial charge in [-0.2, -0.15) is 0 Å². The van der Waals surface area contributed by atoms with E-state index in [1.807, 2.05) is 0 Å². The SMILES string of the molecule is CC1CCCCC1(N)c1ccncc1F. The van der Waals surface area contributed by atoms with Crippen LogP contribution in [0.25, 0.3) is 0 Å². The molecule has 0 aliphatic heterocycles. The Bertz CT molecular complexity index is 353. The summed E-state index contributed by atoms with van der Waals surface area (Å²) in [6, 6.07) is 1.72. The van der Waals surface area contributed by atoms with Crippen LogP contribution in [0, 0.1) is 11.7 Å². The van der Waals surface area contributed by atoms with Gasteiger partial charge < -0.3 is 5.73 Å². The zero-order valence-electron chi connectivity index (χ0n) is 9.04. The Kier molecular flexibility index (Phi) is 2.74. The number of aromatic nitrogens is 1. The van der Waals surface area contributed by atoms with Gasteiger partial charge in [0.05, 0.1) is 6.20 Å². The van der Waals surface area contributed by atoms with Gasteiger partial charge in [-0.1, -0.05) is 19.8 Å². The molecule has 0 spiro atoms. The summed E-state index contributed by atoms with van der Waals surface area (Å²) in [5.74, 6) is 0.0666. The Morgan fingerprint density at radius 1 is 1.53 bits per heavy atom. The number of nitrogens with zero attached hydrogens (tertiary/aromatic N) is 1. The number of halogens is 1. The van der Waals surface area contributed by atoms with E-state index >= 15 is 0 Å². The van der Waals surface area contributed by atoms with Crippen molar-refractivity contribution in [3.8, 4) is 0 Å². The second-order valence-electron chi connectivity index (χ2n) is 4.54. The Hall–Kier alpha value is -0.960. The first-order chi connectivity index (χ1) is 7.14. The van der Waals surface area contributed by atoms with Gasteiger partial charge in [-0.15, -0.1) is 0 Å². The predicted molar refractivity (Wildman–Crippen MR) is 57.7 cm³/mol. The first-order valence-electron chi connectivity index (χ1n) is 5.53. The molecule has 0 saturated heterocycles. The van der Waals surface area contributed by atoms with Crippen LogP contribution in [0.2, 0.25) is 0 Å². The van der Waals surface area contributed by atoms with Crippen LogP contribution in [0.1, 0.15) is 38.2 Å². The summed E-state index contributed by atoms with van der Waals surface area (Å²) >= 11 is 0. The quantitative estimate of drug-likeness (QED) is 0.770. The molecule has 1 aromatic heterocycles. The fraction of sp³-hybridized carbons (Fsp3) is 0.583. The van der Waals surface area contributed by atoms with E-state index in [0.717, 1.165) is 19.3 Å². The molecule has 1 fully saturated rings. The smallest absolute Gasteiger partial charge is 0.146 e. The fourth-order valence-corrected chi connectivity index (χ4v) is 2.52. The van der Waals surface area contributed by atoms with Crippen molar-refractivity contribution >= 4 is 0 Å². The highest BCUT2D eigenvalue weighted by Crippen LogP contribution is 2.39. The third-order valence-corrected chi connectivity index (χ3v) is 3.63. The molecule has 2 atom stereocenters. The molecule has 1 aliphatic rings. The highest BCUT2D eigenvalue weighted by atomic mass is 19.1. The summed E-state index contributed by atoms with van der Waals surface area (Å²) < 4.78 is 13.7. The van der Waals surface area contributed by atoms with Crippen molar-refractivity contribution < 1.29 is 4.39 Å². The van der Waals surface area contributed by atoms with Gasteiger partial charge in [0.1, 0.15) is 5.82 Å². The molecule has 82 valence electrons. The topological polar surface area (TPSA) is 38.9 Å². The Labute approximate surface area is 89.7 Å². The molecule has 3 heteroatoms. The second-order valence-corrected chi connectivity index (χ2v) is 4.54. The van der Waals surface area contributed by atoms with Crippen LogP contribution in [0.4, 0.5) is 4.39 Å². The van der Waals surface area contributed by atoms with E-state index in [0.29, 0.717) is 11.5 Å². The highest BCUT2D eigenvalue weighted by molar-refractivity contribution is 5.24. The normalized spacial score (nSPS) is 31.5. The molecule has 0 bridgehead atoms. The molecule has 0 radical (unpaired) electrons. The molecule has 0 amide bonds. The van der Waals surface area contributed by atoms with Gasteiger partial charge in [-0.25, -0.2) is 4.39 Å². The van der Waals surface area contributed by atoms with Crippen molar-refractivity contribution in [1.29, 1.82) is 0 Å². The molecule has 1 heterocycles. The van der Waals surface area contributed by atoms with Crippen molar-refractivity contribution in [3.63, 3.8) is 0 Å². The third kappa shape index (κ3) is 1.76. The number of nitrogens with two attached hydrogens (primary N) is 1. The van der Waals surface area contributed by atoms with Crippen LogP contribution in [0.3, 0.4) is 0 Å². The van der Waals surface area contributed by atoms with Crippen LogP contribution in [0.15, 0.2) is 18.5 Å². The summed E-state index contributed by atoms with van der Waals surface area (Å²) in [5.41, 5.74) is 6.49. The second kappa shape index (κ2) is 3.89. The number of hydrogen-bond acceptors (Lipinski definition) is 2. The van der Waals surface area contributed by atoms with Crippen molar-refractivity contribution in [2.45, 2.75) is 38.1 Å². The molecule has 0 aromatic carbocycles. The standard InChI is InChI=1S/C12H17FN2/c1-9-4-2-3-6-12(9,14)10-5-7-15-8-11(10)13/h5,7-9H,2-4,6,14H2,1H3. The lowest BCUT2D eigenvalue weighted by atomic mass is 9.70. The van der Waals surface area contributed by atoms with Gasteiger partial charge in [-0.3, -0.25) is 4.98 Å². The average molecular weight is 208 g/mol. The van der Waals surface area contributed by atoms with E-state index in [-0.39, 0.29) is 5.82 Å². The van der Waals surface area contributed by atoms with Gasteiger partial charge in [0.2, 0.25) is 0 Å². The third-order valence-electron chi connectivity index (χ3n) is 3.63. The zero-order valence-corrected chi connectivity index (χ0v) is 9.04. The maximum atomic E-state index is 13.7. The van der Waals surface area contributed by atoms with E-state index in [1.54, 1.807) is 12.3 Å². The van der Waals surface area contributed by atoms with Crippen LogP contribution in [-0.2, 0) is 5.54 Å². The van der Waals surface area contributed by atoms with Crippen molar-refractivity contribution in [2.75, 3.05) is 0 Å². The summed E-state index contributed by atoms with van der Waals surface area (Å²) in [6.45, 7) is 2.11. The summed E-state index contributed by atoms with van der Waals surface area (Å²) in [4.78, 5) is 3.77. The maximum Gasteiger partial charge on any atom is 0.146 e. The highest BCUT2D eigenvalue weighted by Gasteiger charge is 2.37. The molecular weight excluding hydrogens is 191 g/mol. The Morgan fingerprint density at radius 3 is 3.00 bits per heavy atom. The molecule has 2 N–H and O–H groups in total. The van der Waals surface area contributed by atoms with E-state index in [9.17, 15) is 4.39 Å². The lowest BCUT2D eigenvalue weighted by molar-refractivity contribution is 0.201. The number of rotatable bonds is 1. The van der Waals surface area contributed by atoms with Crippen LogP contribution < -0.4 is 5.73 Å². The largest absolute Gasteiger partial charge is 0.321 e. The molecule has 2 nitrogen and oxygen atoms in total. The van der Waals surface area contributed by atoms with Gasteiger partial charge >= 0.3 is 0 Å². The molecule has 2 unspecified atom stereocenters. The van der Waals surface area contributed by atoms with Crippen LogP contribution in [0.5, 0.6) is 0 Å². The lowest BCUT2D eigenvalue weighted by Crippen LogP contribution is -2.45. The van der Waals surface area contributed by atoms with Gasteiger partial charge in [0.15, 0.2) is 0 Å². The molecular formula is C12H17FN2. The minimum absolute atomic E-state index is 0.270. The summed E-state index contributed by atoms with van der Waals surface area (Å²) in [5, 5.41) is 0. The van der Waals surface area contributed by atoms with Crippen LogP contribution >= 0.6 is 0 Å². The van der Waals surface area contributed by atoms with Gasteiger partial charge in [0.25, 0.3) is 0 Å². The van der Waals surface area contributed by atoms with Crippen LogP contribution in [-0.4, -0.2) is 4.98 Å². The van der Waals surface area contributed by atoms with Gasteiger partial charge in [-0.05, 0) is 24.8 Å². The predicted octanol–water partition coefficient (Wildman–Crippen LogP) is 2.58. The van der Waals surface area contributed by atoms with E-state index in [1.165, 1.54) is 12.6 Å². The maximum absolute atomic E-state index is 13.7.